The van der Waals surface area contributed by atoms with Crippen LogP contribution in [-0.2, 0) is 0 Å². The van der Waals surface area contributed by atoms with Crippen LogP contribution in [-0.4, -0.2) is 29.9 Å². The molecule has 16 heavy (non-hydrogen) atoms. The zero-order chi connectivity index (χ0) is 11.4. The number of benzene rings is 1. The van der Waals surface area contributed by atoms with Gasteiger partial charge in [-0.1, -0.05) is 18.2 Å². The van der Waals surface area contributed by atoms with E-state index in [1.54, 1.807) is 29.2 Å². The van der Waals surface area contributed by atoms with E-state index in [1.165, 1.54) is 0 Å². The van der Waals surface area contributed by atoms with E-state index in [0.29, 0.717) is 5.56 Å². The van der Waals surface area contributed by atoms with Crippen molar-refractivity contribution in [2.75, 3.05) is 13.1 Å². The Labute approximate surface area is 94.2 Å². The molecule has 1 aromatic carbocycles. The van der Waals surface area contributed by atoms with Gasteiger partial charge in [0.1, 0.15) is 0 Å². The first-order chi connectivity index (χ1) is 7.77. The van der Waals surface area contributed by atoms with Gasteiger partial charge in [0, 0.05) is 18.7 Å². The summed E-state index contributed by atoms with van der Waals surface area (Å²) in [6.07, 6.45) is 2.04. The summed E-state index contributed by atoms with van der Waals surface area (Å²) in [5.74, 6) is -0.336. The Kier molecular flexibility index (Phi) is 3.19. The standard InChI is InChI=1S/C12H14N2O2/c15-11(10-6-2-1-3-7-10)13-12(16)14-8-4-5-9-14/h1-3,6-7H,4-5,8-9H2,(H,13,15,16). The molecule has 0 bridgehead atoms. The zero-order valence-corrected chi connectivity index (χ0v) is 8.98. The second-order valence-corrected chi connectivity index (χ2v) is 3.82. The minimum Gasteiger partial charge on any atom is -0.324 e. The van der Waals surface area contributed by atoms with E-state index < -0.39 is 0 Å². The van der Waals surface area contributed by atoms with Crippen LogP contribution in [0.3, 0.4) is 0 Å². The van der Waals surface area contributed by atoms with Crippen LogP contribution in [0.1, 0.15) is 23.2 Å². The van der Waals surface area contributed by atoms with Crippen LogP contribution in [0.15, 0.2) is 30.3 Å². The molecule has 0 spiro atoms. The molecule has 0 unspecified atom stereocenters. The smallest absolute Gasteiger partial charge is 0.324 e. The van der Waals surface area contributed by atoms with Crippen LogP contribution in [0.2, 0.25) is 0 Å². The maximum atomic E-state index is 11.7. The minimum absolute atomic E-state index is 0.286. The Bertz CT molecular complexity index is 383. The van der Waals surface area contributed by atoms with Gasteiger partial charge in [0.25, 0.3) is 5.91 Å². The molecular weight excluding hydrogens is 204 g/mol. The fraction of sp³-hybridized carbons (Fsp3) is 0.333. The van der Waals surface area contributed by atoms with Crippen molar-refractivity contribution in [2.45, 2.75) is 12.8 Å². The van der Waals surface area contributed by atoms with Gasteiger partial charge in [-0.15, -0.1) is 0 Å². The van der Waals surface area contributed by atoms with Crippen molar-refractivity contribution in [3.8, 4) is 0 Å². The van der Waals surface area contributed by atoms with Crippen LogP contribution in [0.5, 0.6) is 0 Å². The summed E-state index contributed by atoms with van der Waals surface area (Å²) >= 11 is 0. The molecule has 4 nitrogen and oxygen atoms in total. The molecule has 2 rings (SSSR count). The topological polar surface area (TPSA) is 49.4 Å². The molecule has 1 saturated heterocycles. The molecular formula is C12H14N2O2. The Morgan fingerprint density at radius 3 is 2.31 bits per heavy atom. The van der Waals surface area contributed by atoms with Crippen molar-refractivity contribution in [3.05, 3.63) is 35.9 Å². The summed E-state index contributed by atoms with van der Waals surface area (Å²) in [4.78, 5) is 24.9. The Morgan fingerprint density at radius 2 is 1.69 bits per heavy atom. The van der Waals surface area contributed by atoms with E-state index in [1.807, 2.05) is 6.07 Å². The normalized spacial score (nSPS) is 14.9. The third-order valence-corrected chi connectivity index (χ3v) is 2.65. The van der Waals surface area contributed by atoms with Gasteiger partial charge in [-0.2, -0.15) is 0 Å². The van der Waals surface area contributed by atoms with Gasteiger partial charge in [0.05, 0.1) is 0 Å². The molecule has 84 valence electrons. The molecule has 4 heteroatoms. The molecule has 0 atom stereocenters. The monoisotopic (exact) mass is 218 g/mol. The number of carbonyl (C=O) groups excluding carboxylic acids is 2. The van der Waals surface area contributed by atoms with Gasteiger partial charge in [-0.3, -0.25) is 10.1 Å². The van der Waals surface area contributed by atoms with E-state index >= 15 is 0 Å². The lowest BCUT2D eigenvalue weighted by Gasteiger charge is -2.15. The summed E-state index contributed by atoms with van der Waals surface area (Å²) in [5.41, 5.74) is 0.509. The molecule has 1 heterocycles. The van der Waals surface area contributed by atoms with Crippen LogP contribution in [0, 0.1) is 0 Å². The minimum atomic E-state index is -0.336. The molecule has 1 N–H and O–H groups in total. The molecule has 1 aromatic rings. The summed E-state index contributed by atoms with van der Waals surface area (Å²) in [6.45, 7) is 1.49. The Morgan fingerprint density at radius 1 is 1.06 bits per heavy atom. The lowest BCUT2D eigenvalue weighted by Crippen LogP contribution is -2.41. The largest absolute Gasteiger partial charge is 0.324 e. The van der Waals surface area contributed by atoms with Gasteiger partial charge in [-0.05, 0) is 25.0 Å². The number of urea groups is 1. The number of amides is 3. The highest BCUT2D eigenvalue weighted by atomic mass is 16.2. The fourth-order valence-corrected chi connectivity index (χ4v) is 1.76. The van der Waals surface area contributed by atoms with Gasteiger partial charge in [0.15, 0.2) is 0 Å². The number of imide groups is 1. The highest BCUT2D eigenvalue weighted by Gasteiger charge is 2.19. The summed E-state index contributed by atoms with van der Waals surface area (Å²) in [7, 11) is 0. The zero-order valence-electron chi connectivity index (χ0n) is 8.98. The maximum absolute atomic E-state index is 11.7. The molecule has 3 amide bonds. The molecule has 0 radical (unpaired) electrons. The Hall–Kier alpha value is -1.84. The molecule has 1 aliphatic rings. The summed E-state index contributed by atoms with van der Waals surface area (Å²) in [6, 6.07) is 8.47. The van der Waals surface area contributed by atoms with E-state index in [9.17, 15) is 9.59 Å². The molecule has 0 aromatic heterocycles. The maximum Gasteiger partial charge on any atom is 0.324 e. The van der Waals surface area contributed by atoms with Crippen LogP contribution < -0.4 is 5.32 Å². The number of carbonyl (C=O) groups is 2. The van der Waals surface area contributed by atoms with Crippen LogP contribution in [0.4, 0.5) is 4.79 Å². The number of nitrogens with zero attached hydrogens (tertiary/aromatic N) is 1. The van der Waals surface area contributed by atoms with E-state index in [4.69, 9.17) is 0 Å². The van der Waals surface area contributed by atoms with Gasteiger partial charge >= 0.3 is 6.03 Å². The summed E-state index contributed by atoms with van der Waals surface area (Å²) < 4.78 is 0. The van der Waals surface area contributed by atoms with E-state index in [0.717, 1.165) is 25.9 Å². The van der Waals surface area contributed by atoms with E-state index in [2.05, 4.69) is 5.32 Å². The van der Waals surface area contributed by atoms with Crippen molar-refractivity contribution in [1.82, 2.24) is 10.2 Å². The lowest BCUT2D eigenvalue weighted by molar-refractivity contribution is 0.0954. The third kappa shape index (κ3) is 2.39. The lowest BCUT2D eigenvalue weighted by atomic mass is 10.2. The van der Waals surface area contributed by atoms with Crippen LogP contribution >= 0.6 is 0 Å². The number of likely N-dealkylation sites (tertiary alicyclic amines) is 1. The Balaban J connectivity index is 1.94. The number of hydrogen-bond donors (Lipinski definition) is 1. The highest BCUT2D eigenvalue weighted by Crippen LogP contribution is 2.07. The van der Waals surface area contributed by atoms with Crippen molar-refractivity contribution >= 4 is 11.9 Å². The second-order valence-electron chi connectivity index (χ2n) is 3.82. The van der Waals surface area contributed by atoms with Gasteiger partial charge in [0.2, 0.25) is 0 Å². The number of nitrogens with one attached hydrogen (secondary N) is 1. The van der Waals surface area contributed by atoms with Crippen molar-refractivity contribution in [1.29, 1.82) is 0 Å². The first kappa shape index (κ1) is 10.7. The molecule has 1 fully saturated rings. The average molecular weight is 218 g/mol. The SMILES string of the molecule is O=C(NC(=O)N1CCCC1)c1ccccc1. The quantitative estimate of drug-likeness (QED) is 0.778. The van der Waals surface area contributed by atoms with E-state index in [-0.39, 0.29) is 11.9 Å². The summed E-state index contributed by atoms with van der Waals surface area (Å²) in [5, 5.41) is 2.39. The van der Waals surface area contributed by atoms with Crippen molar-refractivity contribution in [2.24, 2.45) is 0 Å². The average Bonchev–Trinajstić information content (AvgIpc) is 2.83. The number of rotatable bonds is 1. The van der Waals surface area contributed by atoms with Gasteiger partial charge < -0.3 is 4.90 Å². The van der Waals surface area contributed by atoms with Crippen LogP contribution in [0.25, 0.3) is 0 Å². The second kappa shape index (κ2) is 4.79. The fourth-order valence-electron chi connectivity index (χ4n) is 1.76. The van der Waals surface area contributed by atoms with Gasteiger partial charge in [-0.25, -0.2) is 4.79 Å². The predicted molar refractivity (Wildman–Crippen MR) is 60.1 cm³/mol. The molecule has 1 aliphatic heterocycles. The molecule has 0 saturated carbocycles. The first-order valence-electron chi connectivity index (χ1n) is 5.42. The predicted octanol–water partition coefficient (Wildman–Crippen LogP) is 1.63. The highest BCUT2D eigenvalue weighted by molar-refractivity contribution is 6.04. The number of hydrogen-bond acceptors (Lipinski definition) is 2. The van der Waals surface area contributed by atoms with Crippen molar-refractivity contribution < 1.29 is 9.59 Å². The molecule has 0 aliphatic carbocycles. The third-order valence-electron chi connectivity index (χ3n) is 2.65. The van der Waals surface area contributed by atoms with Crippen molar-refractivity contribution in [3.63, 3.8) is 0 Å². The first-order valence-corrected chi connectivity index (χ1v) is 5.42.